The van der Waals surface area contributed by atoms with E-state index in [1.807, 2.05) is 25.1 Å². The summed E-state index contributed by atoms with van der Waals surface area (Å²) in [6.07, 6.45) is 6.31. The van der Waals surface area contributed by atoms with Crippen LogP contribution >= 0.6 is 0 Å². The van der Waals surface area contributed by atoms with Crippen LogP contribution in [0.4, 0.5) is 0 Å². The van der Waals surface area contributed by atoms with Gasteiger partial charge in [-0.2, -0.15) is 0 Å². The summed E-state index contributed by atoms with van der Waals surface area (Å²) in [7, 11) is 0. The van der Waals surface area contributed by atoms with Crippen molar-refractivity contribution in [3.8, 4) is 0 Å². The van der Waals surface area contributed by atoms with Crippen molar-refractivity contribution in [3.05, 3.63) is 35.9 Å². The van der Waals surface area contributed by atoms with Crippen LogP contribution in [0, 0.1) is 11.8 Å². The fourth-order valence-electron chi connectivity index (χ4n) is 3.18. The van der Waals surface area contributed by atoms with Crippen LogP contribution in [-0.4, -0.2) is 23.7 Å². The molecule has 0 heterocycles. The standard InChI is InChI=1S/C18H27NO2/c1-14(12-15-8-4-2-5-9-15)18(21)19-17-11-7-3-6-10-16(17)13-20/h2,4-5,8-9,14,16-17,20H,3,6-7,10-13H2,1H3,(H,19,21). The van der Waals surface area contributed by atoms with E-state index in [2.05, 4.69) is 17.4 Å². The lowest BCUT2D eigenvalue weighted by molar-refractivity contribution is -0.125. The molecule has 0 aliphatic heterocycles. The minimum Gasteiger partial charge on any atom is -0.396 e. The lowest BCUT2D eigenvalue weighted by atomic mass is 9.94. The average molecular weight is 289 g/mol. The van der Waals surface area contributed by atoms with Gasteiger partial charge in [0, 0.05) is 24.5 Å². The summed E-state index contributed by atoms with van der Waals surface area (Å²) in [5, 5.41) is 12.7. The lowest BCUT2D eigenvalue weighted by Crippen LogP contribution is -2.43. The zero-order valence-corrected chi connectivity index (χ0v) is 12.9. The molecule has 1 aliphatic carbocycles. The van der Waals surface area contributed by atoms with Crippen molar-refractivity contribution in [3.63, 3.8) is 0 Å². The van der Waals surface area contributed by atoms with Gasteiger partial charge in [0.1, 0.15) is 0 Å². The summed E-state index contributed by atoms with van der Waals surface area (Å²) in [4.78, 5) is 12.4. The second-order valence-corrected chi connectivity index (χ2v) is 6.29. The van der Waals surface area contributed by atoms with Crippen LogP contribution in [-0.2, 0) is 11.2 Å². The first-order valence-electron chi connectivity index (χ1n) is 8.16. The van der Waals surface area contributed by atoms with Gasteiger partial charge in [-0.15, -0.1) is 0 Å². The highest BCUT2D eigenvalue weighted by atomic mass is 16.3. The molecule has 1 aromatic rings. The van der Waals surface area contributed by atoms with Crippen LogP contribution in [0.25, 0.3) is 0 Å². The van der Waals surface area contributed by atoms with E-state index >= 15 is 0 Å². The van der Waals surface area contributed by atoms with Gasteiger partial charge in [0.25, 0.3) is 0 Å². The maximum absolute atomic E-state index is 12.4. The maximum atomic E-state index is 12.4. The summed E-state index contributed by atoms with van der Waals surface area (Å²) >= 11 is 0. The molecule has 0 aromatic heterocycles. The minimum absolute atomic E-state index is 0.0324. The third-order valence-corrected chi connectivity index (χ3v) is 4.55. The Labute approximate surface area is 127 Å². The van der Waals surface area contributed by atoms with Crippen molar-refractivity contribution in [2.24, 2.45) is 11.8 Å². The number of nitrogens with one attached hydrogen (secondary N) is 1. The number of carbonyl (C=O) groups is 1. The molecule has 21 heavy (non-hydrogen) atoms. The summed E-state index contributed by atoms with van der Waals surface area (Å²) < 4.78 is 0. The van der Waals surface area contributed by atoms with Crippen LogP contribution in [0.5, 0.6) is 0 Å². The highest BCUT2D eigenvalue weighted by Gasteiger charge is 2.26. The normalized spacial score (nSPS) is 24.1. The molecular weight excluding hydrogens is 262 g/mol. The Bertz CT molecular complexity index is 432. The average Bonchev–Trinajstić information content (AvgIpc) is 2.73. The Balaban J connectivity index is 1.89. The third-order valence-electron chi connectivity index (χ3n) is 4.55. The molecular formula is C18H27NO2. The number of aliphatic hydroxyl groups excluding tert-OH is 1. The van der Waals surface area contributed by atoms with Crippen LogP contribution < -0.4 is 5.32 Å². The van der Waals surface area contributed by atoms with Gasteiger partial charge in [0.2, 0.25) is 5.91 Å². The SMILES string of the molecule is CC(Cc1ccccc1)C(=O)NC1CCCCCC1CO. The summed E-state index contributed by atoms with van der Waals surface area (Å²) in [6.45, 7) is 2.16. The molecule has 0 radical (unpaired) electrons. The fourth-order valence-corrected chi connectivity index (χ4v) is 3.18. The van der Waals surface area contributed by atoms with Crippen LogP contribution in [0.1, 0.15) is 44.6 Å². The molecule has 1 fully saturated rings. The van der Waals surface area contributed by atoms with Crippen molar-refractivity contribution in [1.82, 2.24) is 5.32 Å². The third kappa shape index (κ3) is 4.85. The quantitative estimate of drug-likeness (QED) is 0.819. The van der Waals surface area contributed by atoms with E-state index in [0.717, 1.165) is 32.1 Å². The van der Waals surface area contributed by atoms with Gasteiger partial charge >= 0.3 is 0 Å². The molecule has 1 aliphatic rings. The predicted octanol–water partition coefficient (Wildman–Crippen LogP) is 2.92. The molecule has 116 valence electrons. The predicted molar refractivity (Wildman–Crippen MR) is 84.9 cm³/mol. The molecule has 0 saturated heterocycles. The first-order valence-corrected chi connectivity index (χ1v) is 8.16. The minimum atomic E-state index is -0.0324. The Hall–Kier alpha value is -1.35. The van der Waals surface area contributed by atoms with Crippen molar-refractivity contribution in [1.29, 1.82) is 0 Å². The molecule has 3 unspecified atom stereocenters. The smallest absolute Gasteiger partial charge is 0.223 e. The van der Waals surface area contributed by atoms with Gasteiger partial charge in [-0.05, 0) is 24.8 Å². The molecule has 3 heteroatoms. The molecule has 2 rings (SSSR count). The number of rotatable bonds is 5. The number of amides is 1. The first kappa shape index (κ1) is 16.0. The Morgan fingerprint density at radius 1 is 1.24 bits per heavy atom. The highest BCUT2D eigenvalue weighted by molar-refractivity contribution is 5.78. The van der Waals surface area contributed by atoms with Gasteiger partial charge in [-0.25, -0.2) is 0 Å². The van der Waals surface area contributed by atoms with Crippen molar-refractivity contribution in [2.45, 2.75) is 51.5 Å². The largest absolute Gasteiger partial charge is 0.396 e. The number of benzene rings is 1. The summed E-state index contributed by atoms with van der Waals surface area (Å²) in [6, 6.07) is 10.3. The van der Waals surface area contributed by atoms with E-state index in [4.69, 9.17) is 0 Å². The van der Waals surface area contributed by atoms with E-state index in [1.54, 1.807) is 0 Å². The summed E-state index contributed by atoms with van der Waals surface area (Å²) in [5.41, 5.74) is 1.19. The van der Waals surface area contributed by atoms with Crippen LogP contribution in [0.3, 0.4) is 0 Å². The van der Waals surface area contributed by atoms with E-state index in [9.17, 15) is 9.90 Å². The second-order valence-electron chi connectivity index (χ2n) is 6.29. The second kappa shape index (κ2) is 8.18. The first-order chi connectivity index (χ1) is 10.2. The summed E-state index contributed by atoms with van der Waals surface area (Å²) in [5.74, 6) is 0.305. The van der Waals surface area contributed by atoms with Crippen molar-refractivity contribution in [2.75, 3.05) is 6.61 Å². The molecule has 3 atom stereocenters. The number of aliphatic hydroxyl groups is 1. The molecule has 0 bridgehead atoms. The van der Waals surface area contributed by atoms with Crippen molar-refractivity contribution < 1.29 is 9.90 Å². The zero-order valence-electron chi connectivity index (χ0n) is 12.9. The zero-order chi connectivity index (χ0) is 15.1. The van der Waals surface area contributed by atoms with Gasteiger partial charge in [-0.1, -0.05) is 56.5 Å². The maximum Gasteiger partial charge on any atom is 0.223 e. The Morgan fingerprint density at radius 2 is 1.95 bits per heavy atom. The van der Waals surface area contributed by atoms with Crippen LogP contribution in [0.2, 0.25) is 0 Å². The van der Waals surface area contributed by atoms with E-state index < -0.39 is 0 Å². The molecule has 1 amide bonds. The van der Waals surface area contributed by atoms with Gasteiger partial charge in [0.05, 0.1) is 0 Å². The number of hydrogen-bond acceptors (Lipinski definition) is 2. The van der Waals surface area contributed by atoms with E-state index in [-0.39, 0.29) is 30.4 Å². The fraction of sp³-hybridized carbons (Fsp3) is 0.611. The lowest BCUT2D eigenvalue weighted by Gasteiger charge is -2.26. The molecule has 1 aromatic carbocycles. The monoisotopic (exact) mass is 289 g/mol. The van der Waals surface area contributed by atoms with Crippen LogP contribution in [0.15, 0.2) is 30.3 Å². The molecule has 2 N–H and O–H groups in total. The number of hydrogen-bond donors (Lipinski definition) is 2. The number of carbonyl (C=O) groups excluding carboxylic acids is 1. The Kier molecular flexibility index (Phi) is 6.24. The highest BCUT2D eigenvalue weighted by Crippen LogP contribution is 2.23. The Morgan fingerprint density at radius 3 is 2.67 bits per heavy atom. The van der Waals surface area contributed by atoms with Crippen molar-refractivity contribution >= 4 is 5.91 Å². The van der Waals surface area contributed by atoms with E-state index in [1.165, 1.54) is 12.0 Å². The van der Waals surface area contributed by atoms with Gasteiger partial charge in [0.15, 0.2) is 0 Å². The molecule has 1 saturated carbocycles. The molecule has 3 nitrogen and oxygen atoms in total. The van der Waals surface area contributed by atoms with E-state index in [0.29, 0.717) is 0 Å². The van der Waals surface area contributed by atoms with Gasteiger partial charge in [-0.3, -0.25) is 4.79 Å². The topological polar surface area (TPSA) is 49.3 Å². The molecule has 0 spiro atoms. The van der Waals surface area contributed by atoms with Gasteiger partial charge < -0.3 is 10.4 Å².